The van der Waals surface area contributed by atoms with Gasteiger partial charge in [-0.2, -0.15) is 0 Å². The largest absolute Gasteiger partial charge is 0.465 e. The molecule has 1 aliphatic rings. The number of piperazine rings is 1. The van der Waals surface area contributed by atoms with Gasteiger partial charge in [0.1, 0.15) is 0 Å². The summed E-state index contributed by atoms with van der Waals surface area (Å²) in [7, 11) is 0. The molecule has 0 aliphatic carbocycles. The Morgan fingerprint density at radius 1 is 1.22 bits per heavy atom. The van der Waals surface area contributed by atoms with Crippen LogP contribution in [0.3, 0.4) is 0 Å². The summed E-state index contributed by atoms with van der Waals surface area (Å²) in [5.74, 6) is 0. The van der Waals surface area contributed by atoms with Gasteiger partial charge in [-0.05, 0) is 29.7 Å². The van der Waals surface area contributed by atoms with Gasteiger partial charge in [-0.3, -0.25) is 4.98 Å². The molecule has 3 rings (SSSR count). The maximum atomic E-state index is 11.6. The predicted molar refractivity (Wildman–Crippen MR) is 91.9 cm³/mol. The van der Waals surface area contributed by atoms with Gasteiger partial charge in [0, 0.05) is 36.9 Å². The number of rotatable bonds is 1. The van der Waals surface area contributed by atoms with Gasteiger partial charge in [0.05, 0.1) is 11.6 Å². The highest BCUT2D eigenvalue weighted by Gasteiger charge is 2.38. The maximum Gasteiger partial charge on any atom is 0.407 e. The molecular formula is C18H23N3O2. The fourth-order valence-corrected chi connectivity index (χ4v) is 3.33. The van der Waals surface area contributed by atoms with Crippen molar-refractivity contribution in [1.82, 2.24) is 9.88 Å². The van der Waals surface area contributed by atoms with Crippen LogP contribution in [0.15, 0.2) is 36.5 Å². The van der Waals surface area contributed by atoms with Crippen molar-refractivity contribution in [2.75, 3.05) is 24.5 Å². The standard InChI is InChI=1S/C18H23N3O2/c1-18(2,3)16-12-20(10-11-21(16)17(22)23)15-8-4-7-14-13(15)6-5-9-19-14/h4-9,16H,10-12H2,1-3H3,(H,22,23). The van der Waals surface area contributed by atoms with Crippen LogP contribution >= 0.6 is 0 Å². The Kier molecular flexibility index (Phi) is 3.88. The van der Waals surface area contributed by atoms with Gasteiger partial charge in [-0.1, -0.05) is 26.8 Å². The average Bonchev–Trinajstić information content (AvgIpc) is 2.53. The highest BCUT2D eigenvalue weighted by Crippen LogP contribution is 2.32. The molecule has 23 heavy (non-hydrogen) atoms. The molecule has 1 N–H and O–H groups in total. The topological polar surface area (TPSA) is 56.7 Å². The van der Waals surface area contributed by atoms with Crippen molar-refractivity contribution in [2.24, 2.45) is 5.41 Å². The van der Waals surface area contributed by atoms with E-state index in [-0.39, 0.29) is 11.5 Å². The molecule has 0 saturated carbocycles. The maximum absolute atomic E-state index is 11.6. The third-order valence-electron chi connectivity index (χ3n) is 4.59. The Balaban J connectivity index is 1.96. The summed E-state index contributed by atoms with van der Waals surface area (Å²) in [6.45, 7) is 8.22. The lowest BCUT2D eigenvalue weighted by Gasteiger charge is -2.46. The van der Waals surface area contributed by atoms with Crippen LogP contribution in [-0.4, -0.2) is 46.8 Å². The summed E-state index contributed by atoms with van der Waals surface area (Å²) in [6, 6.07) is 10.1. The van der Waals surface area contributed by atoms with E-state index >= 15 is 0 Å². The first kappa shape index (κ1) is 15.6. The Hall–Kier alpha value is -2.30. The molecule has 1 amide bonds. The van der Waals surface area contributed by atoms with Crippen LogP contribution in [0.5, 0.6) is 0 Å². The lowest BCUT2D eigenvalue weighted by Crippen LogP contribution is -2.59. The fourth-order valence-electron chi connectivity index (χ4n) is 3.33. The van der Waals surface area contributed by atoms with E-state index in [1.807, 2.05) is 18.2 Å². The van der Waals surface area contributed by atoms with E-state index in [1.54, 1.807) is 11.1 Å². The average molecular weight is 313 g/mol. The van der Waals surface area contributed by atoms with Crippen molar-refractivity contribution in [1.29, 1.82) is 0 Å². The minimum absolute atomic E-state index is 0.0410. The van der Waals surface area contributed by atoms with Crippen molar-refractivity contribution in [3.63, 3.8) is 0 Å². The Bertz CT molecular complexity index is 718. The predicted octanol–water partition coefficient (Wildman–Crippen LogP) is 3.45. The molecule has 2 heterocycles. The van der Waals surface area contributed by atoms with E-state index in [1.165, 1.54) is 0 Å². The lowest BCUT2D eigenvalue weighted by atomic mass is 9.84. The number of carboxylic acid groups (broad SMARTS) is 1. The molecule has 0 bridgehead atoms. The van der Waals surface area contributed by atoms with Gasteiger partial charge in [0.25, 0.3) is 0 Å². The first-order valence-electron chi connectivity index (χ1n) is 7.96. The molecule has 5 heteroatoms. The molecule has 0 radical (unpaired) electrons. The second kappa shape index (κ2) is 5.72. The molecule has 5 nitrogen and oxygen atoms in total. The van der Waals surface area contributed by atoms with E-state index in [0.29, 0.717) is 19.6 Å². The summed E-state index contributed by atoms with van der Waals surface area (Å²) in [5, 5.41) is 10.6. The lowest BCUT2D eigenvalue weighted by molar-refractivity contribution is 0.0749. The van der Waals surface area contributed by atoms with Gasteiger partial charge < -0.3 is 14.9 Å². The van der Waals surface area contributed by atoms with Crippen molar-refractivity contribution in [3.8, 4) is 0 Å². The molecule has 1 aliphatic heterocycles. The molecule has 1 saturated heterocycles. The fraction of sp³-hybridized carbons (Fsp3) is 0.444. The smallest absolute Gasteiger partial charge is 0.407 e. The molecule has 1 aromatic carbocycles. The minimum Gasteiger partial charge on any atom is -0.465 e. The number of pyridine rings is 1. The van der Waals surface area contributed by atoms with Crippen LogP contribution in [-0.2, 0) is 0 Å². The SMILES string of the molecule is CC(C)(C)C1CN(c2cccc3ncccc23)CCN1C(=O)O. The van der Waals surface area contributed by atoms with E-state index in [0.717, 1.165) is 16.6 Å². The molecule has 1 fully saturated rings. The second-order valence-corrected chi connectivity index (χ2v) is 7.15. The highest BCUT2D eigenvalue weighted by atomic mass is 16.4. The minimum atomic E-state index is -0.829. The monoisotopic (exact) mass is 313 g/mol. The number of benzene rings is 1. The van der Waals surface area contributed by atoms with E-state index < -0.39 is 6.09 Å². The number of amides is 1. The summed E-state index contributed by atoms with van der Waals surface area (Å²) in [4.78, 5) is 19.9. The van der Waals surface area contributed by atoms with Crippen LogP contribution in [0.1, 0.15) is 20.8 Å². The molecular weight excluding hydrogens is 290 g/mol. The summed E-state index contributed by atoms with van der Waals surface area (Å²) in [6.07, 6.45) is 0.969. The zero-order valence-corrected chi connectivity index (χ0v) is 13.9. The van der Waals surface area contributed by atoms with Gasteiger partial charge in [0.15, 0.2) is 0 Å². The number of hydrogen-bond donors (Lipinski definition) is 1. The number of hydrogen-bond acceptors (Lipinski definition) is 3. The van der Waals surface area contributed by atoms with E-state index in [2.05, 4.69) is 42.8 Å². The van der Waals surface area contributed by atoms with Gasteiger partial charge in [-0.15, -0.1) is 0 Å². The van der Waals surface area contributed by atoms with Crippen LogP contribution < -0.4 is 4.90 Å². The third-order valence-corrected chi connectivity index (χ3v) is 4.59. The summed E-state index contributed by atoms with van der Waals surface area (Å²) < 4.78 is 0. The Morgan fingerprint density at radius 3 is 2.70 bits per heavy atom. The first-order valence-corrected chi connectivity index (χ1v) is 7.96. The summed E-state index contributed by atoms with van der Waals surface area (Å²) >= 11 is 0. The highest BCUT2D eigenvalue weighted by molar-refractivity contribution is 5.91. The van der Waals surface area contributed by atoms with Gasteiger partial charge in [-0.25, -0.2) is 4.79 Å². The van der Waals surface area contributed by atoms with Crippen LogP contribution in [0, 0.1) is 5.41 Å². The van der Waals surface area contributed by atoms with Gasteiger partial charge in [0.2, 0.25) is 0 Å². The molecule has 2 aromatic rings. The van der Waals surface area contributed by atoms with Crippen LogP contribution in [0.25, 0.3) is 10.9 Å². The number of fused-ring (bicyclic) bond motifs is 1. The second-order valence-electron chi connectivity index (χ2n) is 7.15. The molecule has 1 aromatic heterocycles. The van der Waals surface area contributed by atoms with Crippen LogP contribution in [0.4, 0.5) is 10.5 Å². The molecule has 122 valence electrons. The Labute approximate surface area is 136 Å². The van der Waals surface area contributed by atoms with Crippen molar-refractivity contribution in [3.05, 3.63) is 36.5 Å². The normalized spacial score (nSPS) is 19.2. The van der Waals surface area contributed by atoms with E-state index in [9.17, 15) is 9.90 Å². The van der Waals surface area contributed by atoms with Gasteiger partial charge >= 0.3 is 6.09 Å². The number of carbonyl (C=O) groups is 1. The zero-order valence-electron chi connectivity index (χ0n) is 13.9. The Morgan fingerprint density at radius 2 is 2.00 bits per heavy atom. The van der Waals surface area contributed by atoms with Crippen molar-refractivity contribution < 1.29 is 9.90 Å². The number of nitrogens with zero attached hydrogens (tertiary/aromatic N) is 3. The third kappa shape index (κ3) is 2.96. The molecule has 1 atom stereocenters. The summed E-state index contributed by atoms with van der Waals surface area (Å²) in [5.41, 5.74) is 1.99. The number of anilines is 1. The molecule has 1 unspecified atom stereocenters. The van der Waals surface area contributed by atoms with Crippen molar-refractivity contribution in [2.45, 2.75) is 26.8 Å². The van der Waals surface area contributed by atoms with E-state index in [4.69, 9.17) is 0 Å². The molecule has 0 spiro atoms. The quantitative estimate of drug-likeness (QED) is 0.876. The first-order chi connectivity index (χ1) is 10.9. The zero-order chi connectivity index (χ0) is 16.6. The van der Waals surface area contributed by atoms with Crippen molar-refractivity contribution >= 4 is 22.7 Å². The van der Waals surface area contributed by atoms with Crippen LogP contribution in [0.2, 0.25) is 0 Å². The number of aromatic nitrogens is 1.